The van der Waals surface area contributed by atoms with Gasteiger partial charge in [0.15, 0.2) is 0 Å². The van der Waals surface area contributed by atoms with E-state index in [1.54, 1.807) is 0 Å². The van der Waals surface area contributed by atoms with Crippen molar-refractivity contribution in [2.24, 2.45) is 5.92 Å². The van der Waals surface area contributed by atoms with Crippen molar-refractivity contribution < 1.29 is 0 Å². The zero-order valence-electron chi connectivity index (χ0n) is 38.0. The van der Waals surface area contributed by atoms with Crippen LogP contribution < -0.4 is 4.90 Å². The normalized spacial score (nSPS) is 18.0. The van der Waals surface area contributed by atoms with Crippen molar-refractivity contribution in [2.45, 2.75) is 30.7 Å². The molecule has 68 heavy (non-hydrogen) atoms. The average Bonchev–Trinajstić information content (AvgIpc) is 4.06. The largest absolute Gasteiger partial charge is 0.334 e. The Balaban J connectivity index is 0.909. The van der Waals surface area contributed by atoms with Crippen molar-refractivity contribution in [1.82, 2.24) is 4.57 Å². The summed E-state index contributed by atoms with van der Waals surface area (Å²) in [7, 11) is 0. The van der Waals surface area contributed by atoms with E-state index < -0.39 is 5.41 Å². The molecule has 0 fully saturated rings. The number of rotatable bonds is 4. The molecule has 5 aliphatic carbocycles. The van der Waals surface area contributed by atoms with Crippen LogP contribution in [0.3, 0.4) is 0 Å². The van der Waals surface area contributed by atoms with E-state index in [4.69, 9.17) is 0 Å². The first-order valence-corrected chi connectivity index (χ1v) is 24.2. The quantitative estimate of drug-likeness (QED) is 0.171. The van der Waals surface area contributed by atoms with Crippen LogP contribution in [0, 0.1) is 5.92 Å². The van der Waals surface area contributed by atoms with Crippen LogP contribution >= 0.6 is 0 Å². The minimum atomic E-state index is -0.426. The molecule has 10 aromatic rings. The molecule has 0 bridgehead atoms. The third-order valence-electron chi connectivity index (χ3n) is 16.4. The number of allylic oxidation sites excluding steroid dienone is 5. The first-order valence-electron chi connectivity index (χ1n) is 24.2. The third-order valence-corrected chi connectivity index (χ3v) is 16.4. The van der Waals surface area contributed by atoms with Crippen molar-refractivity contribution in [3.63, 3.8) is 0 Å². The minimum absolute atomic E-state index is 0.0556. The van der Waals surface area contributed by atoms with Crippen LogP contribution in [-0.2, 0) is 10.8 Å². The van der Waals surface area contributed by atoms with Crippen LogP contribution in [0.2, 0.25) is 0 Å². The molecule has 0 N–H and O–H groups in total. The van der Waals surface area contributed by atoms with Crippen molar-refractivity contribution in [1.29, 1.82) is 0 Å². The predicted octanol–water partition coefficient (Wildman–Crippen LogP) is 16.3. The van der Waals surface area contributed by atoms with Gasteiger partial charge in [-0.2, -0.15) is 0 Å². The molecule has 320 valence electrons. The molecule has 2 atom stereocenters. The molecule has 2 nitrogen and oxygen atoms in total. The molecule has 1 heterocycles. The number of fused-ring (bicyclic) bond motifs is 19. The van der Waals surface area contributed by atoms with E-state index in [2.05, 4.69) is 254 Å². The Morgan fingerprint density at radius 1 is 0.441 bits per heavy atom. The number of hydrogen-bond donors (Lipinski definition) is 0. The second-order valence-corrected chi connectivity index (χ2v) is 19.9. The number of nitrogens with zero attached hydrogens (tertiary/aromatic N) is 2. The highest BCUT2D eigenvalue weighted by Crippen LogP contribution is 2.63. The zero-order valence-corrected chi connectivity index (χ0v) is 38.0. The highest BCUT2D eigenvalue weighted by molar-refractivity contribution is 6.21. The Morgan fingerprint density at radius 2 is 1.01 bits per heavy atom. The number of hydrogen-bond acceptors (Lipinski definition) is 1. The molecule has 0 aliphatic heterocycles. The molecule has 5 aliphatic rings. The van der Waals surface area contributed by atoms with Crippen LogP contribution in [0.5, 0.6) is 0 Å². The van der Waals surface area contributed by atoms with E-state index >= 15 is 0 Å². The van der Waals surface area contributed by atoms with Crippen molar-refractivity contribution >= 4 is 44.0 Å². The van der Waals surface area contributed by atoms with Crippen LogP contribution in [0.1, 0.15) is 47.2 Å². The van der Waals surface area contributed by atoms with E-state index in [0.717, 1.165) is 0 Å². The Labute approximate surface area is 396 Å². The van der Waals surface area contributed by atoms with E-state index in [-0.39, 0.29) is 17.4 Å². The summed E-state index contributed by atoms with van der Waals surface area (Å²) in [6.07, 6.45) is 16.1. The zero-order chi connectivity index (χ0) is 44.9. The molecule has 0 saturated heterocycles. The van der Waals surface area contributed by atoms with E-state index in [0.29, 0.717) is 0 Å². The number of benzene rings is 9. The molecular weight excluding hydrogens is 821 g/mol. The van der Waals surface area contributed by atoms with E-state index in [9.17, 15) is 0 Å². The highest BCUT2D eigenvalue weighted by atomic mass is 15.2. The van der Waals surface area contributed by atoms with Crippen molar-refractivity contribution in [3.05, 3.63) is 270 Å². The molecule has 9 aromatic carbocycles. The van der Waals surface area contributed by atoms with Gasteiger partial charge in [0.25, 0.3) is 0 Å². The lowest BCUT2D eigenvalue weighted by Gasteiger charge is -2.40. The molecule has 2 heteroatoms. The summed E-state index contributed by atoms with van der Waals surface area (Å²) in [5.41, 5.74) is 22.8. The monoisotopic (exact) mass is 866 g/mol. The van der Waals surface area contributed by atoms with Gasteiger partial charge in [0, 0.05) is 39.2 Å². The molecule has 0 amide bonds. The molecular formula is C66H46N2. The van der Waals surface area contributed by atoms with Crippen molar-refractivity contribution in [2.75, 3.05) is 4.90 Å². The number of anilines is 2. The summed E-state index contributed by atoms with van der Waals surface area (Å²) in [5.74, 6) is 0.196. The molecule has 1 aromatic heterocycles. The second kappa shape index (κ2) is 13.7. The smallest absolute Gasteiger partial charge is 0.0726 e. The molecule has 0 saturated carbocycles. The summed E-state index contributed by atoms with van der Waals surface area (Å²) >= 11 is 0. The first kappa shape index (κ1) is 38.0. The Morgan fingerprint density at radius 3 is 1.74 bits per heavy atom. The van der Waals surface area contributed by atoms with Crippen LogP contribution in [0.15, 0.2) is 236 Å². The van der Waals surface area contributed by atoms with E-state index in [1.165, 1.54) is 122 Å². The van der Waals surface area contributed by atoms with Gasteiger partial charge < -0.3 is 9.47 Å². The molecule has 1 spiro atoms. The fraction of sp³-hybridized carbons (Fsp3) is 0.0909. The van der Waals surface area contributed by atoms with Gasteiger partial charge in [-0.1, -0.05) is 196 Å². The maximum Gasteiger partial charge on any atom is 0.0726 e. The maximum absolute atomic E-state index is 2.65. The molecule has 0 radical (unpaired) electrons. The second-order valence-electron chi connectivity index (χ2n) is 19.9. The van der Waals surface area contributed by atoms with Crippen LogP contribution in [0.4, 0.5) is 11.4 Å². The Hall–Kier alpha value is -8.20. The lowest BCUT2D eigenvalue weighted by Crippen LogP contribution is -2.38. The minimum Gasteiger partial charge on any atom is -0.334 e. The predicted molar refractivity (Wildman–Crippen MR) is 284 cm³/mol. The van der Waals surface area contributed by atoms with Crippen molar-refractivity contribution in [3.8, 4) is 39.1 Å². The lowest BCUT2D eigenvalue weighted by molar-refractivity contribution is 0.635. The first-order chi connectivity index (χ1) is 33.5. The van der Waals surface area contributed by atoms with Gasteiger partial charge in [-0.15, -0.1) is 0 Å². The van der Waals surface area contributed by atoms with Gasteiger partial charge in [0.1, 0.15) is 0 Å². The summed E-state index contributed by atoms with van der Waals surface area (Å²) < 4.78 is 2.48. The summed E-state index contributed by atoms with van der Waals surface area (Å²) in [5, 5.41) is 5.16. The average molecular weight is 867 g/mol. The topological polar surface area (TPSA) is 8.17 Å². The standard InChI is InChI=1S/C66H46N2/c1-65(2)58-38-43(31-34-51(58)52-35-33-45(39-59(52)65)68-62-28-14-10-24-54(62)64-47-20-6-4-17-42(47)30-37-63(64)68)67(61-29-15-18-41-16-3-5-19-46(41)61)44-32-36-53-50-23-9-13-27-57(50)66(60(53)40-44)55-25-11-7-21-48(55)49-22-8-12-26-56(49)66/h3-40,46,61H,1-2H3. The van der Waals surface area contributed by atoms with Gasteiger partial charge in [-0.25, -0.2) is 0 Å². The highest BCUT2D eigenvalue weighted by Gasteiger charge is 2.52. The van der Waals surface area contributed by atoms with Crippen LogP contribution in [-0.4, -0.2) is 10.6 Å². The number of aromatic nitrogens is 1. The van der Waals surface area contributed by atoms with E-state index in [1.807, 2.05) is 0 Å². The van der Waals surface area contributed by atoms with Crippen LogP contribution in [0.25, 0.3) is 71.6 Å². The van der Waals surface area contributed by atoms with Gasteiger partial charge in [0.05, 0.1) is 22.5 Å². The SMILES string of the molecule is CC1(C)c2cc(N(c3ccc4c(c3)C3(c5ccccc5-c5ccccc53)c3ccccc3-4)C3C=CC=C4C=CC=CC43)ccc2-c2ccc(-n3c4ccccc4c4c5ccccc5ccc43)cc21. The maximum atomic E-state index is 2.65. The summed E-state index contributed by atoms with van der Waals surface area (Å²) in [6.45, 7) is 4.85. The Bertz CT molecular complexity index is 3910. The third kappa shape index (κ3) is 4.86. The van der Waals surface area contributed by atoms with Gasteiger partial charge in [-0.3, -0.25) is 0 Å². The lowest BCUT2D eigenvalue weighted by atomic mass is 9.70. The fourth-order valence-electron chi connectivity index (χ4n) is 13.4. The molecule has 2 unspecified atom stereocenters. The van der Waals surface area contributed by atoms with Gasteiger partial charge >= 0.3 is 0 Å². The Kier molecular flexibility index (Phi) is 7.64. The van der Waals surface area contributed by atoms with Gasteiger partial charge in [0.2, 0.25) is 0 Å². The summed E-state index contributed by atoms with van der Waals surface area (Å²) in [4.78, 5) is 2.65. The number of para-hydroxylation sites is 1. The van der Waals surface area contributed by atoms with Gasteiger partial charge in [-0.05, 0) is 132 Å². The molecule has 15 rings (SSSR count). The summed E-state index contributed by atoms with van der Waals surface area (Å²) in [6, 6.07) is 71.6. The fourth-order valence-corrected chi connectivity index (χ4v) is 13.4.